The van der Waals surface area contributed by atoms with E-state index in [1.807, 2.05) is 12.1 Å². The maximum atomic E-state index is 8.85. The van der Waals surface area contributed by atoms with Crippen LogP contribution in [0.4, 0.5) is 5.82 Å². The Bertz CT molecular complexity index is 642. The molecule has 2 rings (SSSR count). The van der Waals surface area contributed by atoms with Gasteiger partial charge in [-0.05, 0) is 26.0 Å². The zero-order chi connectivity index (χ0) is 14.9. The van der Waals surface area contributed by atoms with Crippen LogP contribution in [-0.4, -0.2) is 9.55 Å². The van der Waals surface area contributed by atoms with E-state index in [1.54, 1.807) is 12.1 Å². The van der Waals surface area contributed by atoms with Crippen molar-refractivity contribution < 1.29 is 0 Å². The maximum Gasteiger partial charge on any atom is 0.131 e. The number of nitrogens with zero attached hydrogens (tertiary/aromatic N) is 3. The standard InChI is InChI=1S/C16H20N4/c1-10(2)16-19-14(15(18)20(16)11(3)4)13-7-5-12(9-17)6-8-13/h5-8,10-11H,18H2,1-4H3. The third-order valence-electron chi connectivity index (χ3n) is 3.30. The predicted octanol–water partition coefficient (Wildman–Crippen LogP) is 3.71. The van der Waals surface area contributed by atoms with Gasteiger partial charge in [0.2, 0.25) is 0 Å². The number of aromatic nitrogens is 2. The average molecular weight is 268 g/mol. The van der Waals surface area contributed by atoms with Gasteiger partial charge in [0.25, 0.3) is 0 Å². The fourth-order valence-corrected chi connectivity index (χ4v) is 2.33. The highest BCUT2D eigenvalue weighted by molar-refractivity contribution is 5.71. The van der Waals surface area contributed by atoms with E-state index in [4.69, 9.17) is 16.0 Å². The second-order valence-corrected chi connectivity index (χ2v) is 5.51. The number of rotatable bonds is 3. The summed E-state index contributed by atoms with van der Waals surface area (Å²) in [6.07, 6.45) is 0. The summed E-state index contributed by atoms with van der Waals surface area (Å²) in [5.41, 5.74) is 8.66. The van der Waals surface area contributed by atoms with Crippen LogP contribution in [0.25, 0.3) is 11.3 Å². The number of hydrogen-bond acceptors (Lipinski definition) is 3. The van der Waals surface area contributed by atoms with Crippen LogP contribution in [0.2, 0.25) is 0 Å². The van der Waals surface area contributed by atoms with E-state index in [0.717, 1.165) is 17.1 Å². The van der Waals surface area contributed by atoms with Gasteiger partial charge in [0.1, 0.15) is 17.3 Å². The number of nitrogens with two attached hydrogens (primary N) is 1. The summed E-state index contributed by atoms with van der Waals surface area (Å²) in [7, 11) is 0. The topological polar surface area (TPSA) is 67.6 Å². The van der Waals surface area contributed by atoms with Crippen LogP contribution in [0.3, 0.4) is 0 Å². The lowest BCUT2D eigenvalue weighted by atomic mass is 10.1. The lowest BCUT2D eigenvalue weighted by Gasteiger charge is -2.15. The van der Waals surface area contributed by atoms with Crippen molar-refractivity contribution >= 4 is 5.82 Å². The number of imidazole rings is 1. The Labute approximate surface area is 119 Å². The first-order valence-corrected chi connectivity index (χ1v) is 6.83. The molecule has 0 saturated carbocycles. The van der Waals surface area contributed by atoms with Crippen molar-refractivity contribution in [2.24, 2.45) is 0 Å². The molecule has 104 valence electrons. The Morgan fingerprint density at radius 1 is 1.15 bits per heavy atom. The van der Waals surface area contributed by atoms with E-state index >= 15 is 0 Å². The highest BCUT2D eigenvalue weighted by atomic mass is 15.2. The SMILES string of the molecule is CC(C)c1nc(-c2ccc(C#N)cc2)c(N)n1C(C)C. The molecule has 0 atom stereocenters. The number of benzene rings is 1. The quantitative estimate of drug-likeness (QED) is 0.922. The van der Waals surface area contributed by atoms with Gasteiger partial charge in [0, 0.05) is 17.5 Å². The molecule has 1 heterocycles. The van der Waals surface area contributed by atoms with Crippen LogP contribution in [-0.2, 0) is 0 Å². The van der Waals surface area contributed by atoms with E-state index in [2.05, 4.69) is 38.3 Å². The van der Waals surface area contributed by atoms with Gasteiger partial charge in [0.05, 0.1) is 11.6 Å². The van der Waals surface area contributed by atoms with Crippen molar-refractivity contribution in [1.82, 2.24) is 9.55 Å². The predicted molar refractivity (Wildman–Crippen MR) is 81.3 cm³/mol. The van der Waals surface area contributed by atoms with Crippen molar-refractivity contribution in [2.45, 2.75) is 39.7 Å². The molecule has 0 radical (unpaired) electrons. The lowest BCUT2D eigenvalue weighted by molar-refractivity contribution is 0.556. The fourth-order valence-electron chi connectivity index (χ4n) is 2.33. The van der Waals surface area contributed by atoms with Crippen LogP contribution in [0.5, 0.6) is 0 Å². The summed E-state index contributed by atoms with van der Waals surface area (Å²) in [6.45, 7) is 8.44. The Morgan fingerprint density at radius 2 is 1.75 bits per heavy atom. The maximum absolute atomic E-state index is 8.85. The summed E-state index contributed by atoms with van der Waals surface area (Å²) in [6, 6.07) is 9.76. The van der Waals surface area contributed by atoms with Gasteiger partial charge >= 0.3 is 0 Å². The number of nitriles is 1. The molecule has 0 bridgehead atoms. The van der Waals surface area contributed by atoms with E-state index in [0.29, 0.717) is 17.3 Å². The minimum atomic E-state index is 0.270. The fraction of sp³-hybridized carbons (Fsp3) is 0.375. The minimum absolute atomic E-state index is 0.270. The van der Waals surface area contributed by atoms with Gasteiger partial charge in [-0.15, -0.1) is 0 Å². The molecule has 1 aromatic carbocycles. The van der Waals surface area contributed by atoms with Crippen molar-refractivity contribution in [3.05, 3.63) is 35.7 Å². The number of hydrogen-bond donors (Lipinski definition) is 1. The summed E-state index contributed by atoms with van der Waals surface area (Å²) >= 11 is 0. The van der Waals surface area contributed by atoms with Crippen LogP contribution in [0.15, 0.2) is 24.3 Å². The zero-order valence-electron chi connectivity index (χ0n) is 12.4. The number of nitrogen functional groups attached to an aromatic ring is 1. The van der Waals surface area contributed by atoms with Crippen LogP contribution in [0.1, 0.15) is 51.0 Å². The Balaban J connectivity index is 2.57. The minimum Gasteiger partial charge on any atom is -0.383 e. The van der Waals surface area contributed by atoms with Gasteiger partial charge in [-0.3, -0.25) is 0 Å². The van der Waals surface area contributed by atoms with Crippen molar-refractivity contribution in [3.8, 4) is 17.3 Å². The van der Waals surface area contributed by atoms with Gasteiger partial charge in [-0.25, -0.2) is 4.98 Å². The van der Waals surface area contributed by atoms with Crippen LogP contribution >= 0.6 is 0 Å². The van der Waals surface area contributed by atoms with E-state index in [9.17, 15) is 0 Å². The molecule has 2 N–H and O–H groups in total. The molecule has 0 spiro atoms. The molecule has 1 aromatic heterocycles. The molecular formula is C16H20N4. The second-order valence-electron chi connectivity index (χ2n) is 5.51. The van der Waals surface area contributed by atoms with Gasteiger partial charge in [-0.2, -0.15) is 5.26 Å². The molecule has 0 amide bonds. The lowest BCUT2D eigenvalue weighted by Crippen LogP contribution is -2.10. The van der Waals surface area contributed by atoms with Crippen molar-refractivity contribution in [2.75, 3.05) is 5.73 Å². The van der Waals surface area contributed by atoms with Crippen LogP contribution < -0.4 is 5.73 Å². The van der Waals surface area contributed by atoms with Gasteiger partial charge < -0.3 is 10.3 Å². The first-order valence-electron chi connectivity index (χ1n) is 6.83. The zero-order valence-corrected chi connectivity index (χ0v) is 12.4. The van der Waals surface area contributed by atoms with E-state index in [1.165, 1.54) is 0 Å². The van der Waals surface area contributed by atoms with Gasteiger partial charge in [0.15, 0.2) is 0 Å². The second kappa shape index (κ2) is 5.38. The molecule has 4 nitrogen and oxygen atoms in total. The normalized spacial score (nSPS) is 11.1. The molecule has 0 aliphatic heterocycles. The Morgan fingerprint density at radius 3 is 2.15 bits per heavy atom. The molecule has 0 fully saturated rings. The van der Waals surface area contributed by atoms with E-state index in [-0.39, 0.29) is 6.04 Å². The monoisotopic (exact) mass is 268 g/mol. The Kier molecular flexibility index (Phi) is 3.80. The summed E-state index contributed by atoms with van der Waals surface area (Å²) in [4.78, 5) is 4.71. The molecule has 0 saturated heterocycles. The highest BCUT2D eigenvalue weighted by Gasteiger charge is 2.19. The first kappa shape index (κ1) is 14.1. The molecule has 20 heavy (non-hydrogen) atoms. The third kappa shape index (κ3) is 2.39. The first-order chi connectivity index (χ1) is 9.45. The third-order valence-corrected chi connectivity index (χ3v) is 3.30. The summed E-state index contributed by atoms with van der Waals surface area (Å²) in [5, 5.41) is 8.85. The average Bonchev–Trinajstić information content (AvgIpc) is 2.77. The number of anilines is 1. The van der Waals surface area contributed by atoms with Crippen molar-refractivity contribution in [1.29, 1.82) is 5.26 Å². The molecule has 0 unspecified atom stereocenters. The molecule has 2 aromatic rings. The van der Waals surface area contributed by atoms with Crippen molar-refractivity contribution in [3.63, 3.8) is 0 Å². The van der Waals surface area contributed by atoms with Gasteiger partial charge in [-0.1, -0.05) is 26.0 Å². The highest BCUT2D eigenvalue weighted by Crippen LogP contribution is 2.32. The summed E-state index contributed by atoms with van der Waals surface area (Å²) in [5.74, 6) is 2.00. The molecular weight excluding hydrogens is 248 g/mol. The van der Waals surface area contributed by atoms with E-state index < -0.39 is 0 Å². The molecule has 0 aliphatic carbocycles. The summed E-state index contributed by atoms with van der Waals surface area (Å²) < 4.78 is 2.08. The molecule has 0 aliphatic rings. The largest absolute Gasteiger partial charge is 0.383 e. The Hall–Kier alpha value is -2.28. The van der Waals surface area contributed by atoms with Crippen LogP contribution in [0, 0.1) is 11.3 Å². The molecule has 4 heteroatoms. The smallest absolute Gasteiger partial charge is 0.131 e.